The van der Waals surface area contributed by atoms with Crippen LogP contribution in [-0.4, -0.2) is 38.5 Å². The molecular formula is C20H23N5O2. The fourth-order valence-electron chi connectivity index (χ4n) is 3.31. The van der Waals surface area contributed by atoms with Crippen LogP contribution in [-0.2, 0) is 24.5 Å². The lowest BCUT2D eigenvalue weighted by Gasteiger charge is -2.17. The molecule has 140 valence electrons. The van der Waals surface area contributed by atoms with Gasteiger partial charge in [0.05, 0.1) is 19.4 Å². The number of nitrogens with one attached hydrogen (secondary N) is 1. The van der Waals surface area contributed by atoms with Crippen LogP contribution in [0.25, 0.3) is 5.65 Å². The van der Waals surface area contributed by atoms with Gasteiger partial charge in [0.25, 0.3) is 5.91 Å². The van der Waals surface area contributed by atoms with Gasteiger partial charge in [-0.3, -0.25) is 9.69 Å². The minimum Gasteiger partial charge on any atom is -0.372 e. The van der Waals surface area contributed by atoms with E-state index in [0.29, 0.717) is 24.4 Å². The monoisotopic (exact) mass is 365 g/mol. The van der Waals surface area contributed by atoms with E-state index in [9.17, 15) is 4.79 Å². The molecule has 0 spiro atoms. The number of fused-ring (bicyclic) bond motifs is 2. The molecule has 3 aromatic rings. The number of rotatable bonds is 6. The van der Waals surface area contributed by atoms with E-state index in [4.69, 9.17) is 4.74 Å². The Morgan fingerprint density at radius 3 is 2.85 bits per heavy atom. The van der Waals surface area contributed by atoms with Gasteiger partial charge in [0.1, 0.15) is 5.56 Å². The zero-order valence-corrected chi connectivity index (χ0v) is 15.6. The van der Waals surface area contributed by atoms with E-state index < -0.39 is 0 Å². The number of carbonyl (C=O) groups excluding carboxylic acids is 1. The quantitative estimate of drug-likeness (QED) is 0.727. The lowest BCUT2D eigenvalue weighted by molar-refractivity contribution is 0.102. The number of benzene rings is 1. The molecule has 7 nitrogen and oxygen atoms in total. The van der Waals surface area contributed by atoms with Crippen molar-refractivity contribution in [2.24, 2.45) is 0 Å². The Morgan fingerprint density at radius 2 is 2.04 bits per heavy atom. The van der Waals surface area contributed by atoms with E-state index in [2.05, 4.69) is 34.1 Å². The van der Waals surface area contributed by atoms with Crippen LogP contribution in [0.2, 0.25) is 0 Å². The van der Waals surface area contributed by atoms with Crippen LogP contribution in [0.5, 0.6) is 0 Å². The molecule has 0 bridgehead atoms. The van der Waals surface area contributed by atoms with Crippen LogP contribution in [0.4, 0.5) is 5.69 Å². The Balaban J connectivity index is 1.54. The van der Waals surface area contributed by atoms with E-state index in [1.165, 1.54) is 5.56 Å². The maximum Gasteiger partial charge on any atom is 0.261 e. The molecule has 3 heterocycles. The second-order valence-corrected chi connectivity index (χ2v) is 6.68. The van der Waals surface area contributed by atoms with Gasteiger partial charge in [-0.25, -0.2) is 9.50 Å². The smallest absolute Gasteiger partial charge is 0.261 e. The van der Waals surface area contributed by atoms with Crippen molar-refractivity contribution in [1.82, 2.24) is 19.5 Å². The third kappa shape index (κ3) is 3.56. The van der Waals surface area contributed by atoms with Crippen molar-refractivity contribution < 1.29 is 9.53 Å². The molecule has 1 amide bonds. The van der Waals surface area contributed by atoms with Gasteiger partial charge in [0.2, 0.25) is 0 Å². The maximum atomic E-state index is 12.7. The Labute approximate surface area is 158 Å². The Morgan fingerprint density at radius 1 is 1.22 bits per heavy atom. The normalized spacial score (nSPS) is 13.3. The van der Waals surface area contributed by atoms with Crippen molar-refractivity contribution >= 4 is 17.2 Å². The largest absolute Gasteiger partial charge is 0.372 e. The van der Waals surface area contributed by atoms with Crippen LogP contribution < -0.4 is 5.32 Å². The number of ether oxygens (including phenoxy) is 1. The molecule has 0 radical (unpaired) electrons. The van der Waals surface area contributed by atoms with Crippen molar-refractivity contribution in [3.05, 3.63) is 59.0 Å². The third-order valence-electron chi connectivity index (χ3n) is 4.93. The molecule has 27 heavy (non-hydrogen) atoms. The van der Waals surface area contributed by atoms with Gasteiger partial charge < -0.3 is 10.1 Å². The summed E-state index contributed by atoms with van der Waals surface area (Å²) < 4.78 is 7.09. The van der Waals surface area contributed by atoms with E-state index in [0.717, 1.165) is 36.4 Å². The number of amides is 1. The van der Waals surface area contributed by atoms with Gasteiger partial charge in [0, 0.05) is 30.2 Å². The fraction of sp³-hybridized carbons (Fsp3) is 0.350. The predicted octanol–water partition coefficient (Wildman–Crippen LogP) is 2.85. The van der Waals surface area contributed by atoms with Gasteiger partial charge in [0.15, 0.2) is 5.65 Å². The van der Waals surface area contributed by atoms with Crippen molar-refractivity contribution in [1.29, 1.82) is 0 Å². The lowest BCUT2D eigenvalue weighted by Crippen LogP contribution is -2.22. The highest BCUT2D eigenvalue weighted by atomic mass is 16.5. The highest BCUT2D eigenvalue weighted by Crippen LogP contribution is 2.23. The molecule has 2 aromatic heterocycles. The van der Waals surface area contributed by atoms with Gasteiger partial charge in [-0.2, -0.15) is 5.10 Å². The zero-order valence-electron chi connectivity index (χ0n) is 15.6. The summed E-state index contributed by atoms with van der Waals surface area (Å²) in [5, 5.41) is 7.25. The standard InChI is InChI=1S/C20H23N5O2/c1-3-24(4-2)10-14-8-21-19-18(9-22-25(19)11-14)20(26)23-17-6-5-15-12-27-13-16(15)7-17/h5-9,11H,3-4,10,12-13H2,1-2H3,(H,23,26). The van der Waals surface area contributed by atoms with Crippen molar-refractivity contribution in [2.75, 3.05) is 18.4 Å². The molecule has 0 saturated carbocycles. The number of aromatic nitrogens is 3. The van der Waals surface area contributed by atoms with Gasteiger partial charge >= 0.3 is 0 Å². The van der Waals surface area contributed by atoms with Gasteiger partial charge in [-0.15, -0.1) is 0 Å². The number of carbonyl (C=O) groups is 1. The summed E-state index contributed by atoms with van der Waals surface area (Å²) in [6, 6.07) is 5.85. The molecule has 1 aliphatic rings. The fourth-order valence-corrected chi connectivity index (χ4v) is 3.31. The summed E-state index contributed by atoms with van der Waals surface area (Å²) in [7, 11) is 0. The number of nitrogens with zero attached hydrogens (tertiary/aromatic N) is 4. The molecule has 0 fully saturated rings. The summed E-state index contributed by atoms with van der Waals surface area (Å²) in [5.74, 6) is -0.215. The highest BCUT2D eigenvalue weighted by Gasteiger charge is 2.17. The van der Waals surface area contributed by atoms with Gasteiger partial charge in [-0.1, -0.05) is 19.9 Å². The first-order valence-corrected chi connectivity index (χ1v) is 9.23. The van der Waals surface area contributed by atoms with E-state index in [-0.39, 0.29) is 5.91 Å². The molecule has 0 unspecified atom stereocenters. The zero-order chi connectivity index (χ0) is 18.8. The number of anilines is 1. The molecule has 7 heteroatoms. The summed E-state index contributed by atoms with van der Waals surface area (Å²) in [4.78, 5) is 19.5. The molecule has 0 saturated heterocycles. The van der Waals surface area contributed by atoms with Crippen molar-refractivity contribution in [3.63, 3.8) is 0 Å². The van der Waals surface area contributed by atoms with Crippen LogP contribution in [0.1, 0.15) is 40.9 Å². The van der Waals surface area contributed by atoms with E-state index >= 15 is 0 Å². The first-order valence-electron chi connectivity index (χ1n) is 9.23. The Kier molecular flexibility index (Phi) is 4.87. The van der Waals surface area contributed by atoms with E-state index in [1.54, 1.807) is 10.7 Å². The van der Waals surface area contributed by atoms with Gasteiger partial charge in [-0.05, 0) is 36.3 Å². The molecule has 1 N–H and O–H groups in total. The first-order chi connectivity index (χ1) is 13.2. The minimum absolute atomic E-state index is 0.215. The molecule has 0 aliphatic carbocycles. The average molecular weight is 365 g/mol. The summed E-state index contributed by atoms with van der Waals surface area (Å²) in [6.07, 6.45) is 5.32. The predicted molar refractivity (Wildman–Crippen MR) is 103 cm³/mol. The molecular weight excluding hydrogens is 342 g/mol. The third-order valence-corrected chi connectivity index (χ3v) is 4.93. The number of hydrogen-bond acceptors (Lipinski definition) is 5. The molecule has 1 aliphatic heterocycles. The van der Waals surface area contributed by atoms with Crippen LogP contribution in [0, 0.1) is 0 Å². The van der Waals surface area contributed by atoms with Crippen molar-refractivity contribution in [2.45, 2.75) is 33.6 Å². The summed E-state index contributed by atoms with van der Waals surface area (Å²) in [5.41, 5.74) is 5.13. The molecule has 4 rings (SSSR count). The Hall–Kier alpha value is -2.77. The van der Waals surface area contributed by atoms with Crippen LogP contribution in [0.15, 0.2) is 36.8 Å². The number of hydrogen-bond donors (Lipinski definition) is 1. The van der Waals surface area contributed by atoms with Crippen LogP contribution >= 0.6 is 0 Å². The second-order valence-electron chi connectivity index (χ2n) is 6.68. The SMILES string of the molecule is CCN(CC)Cc1cnc2c(C(=O)Nc3ccc4c(c3)COC4)cnn2c1. The lowest BCUT2D eigenvalue weighted by atomic mass is 10.1. The first kappa shape index (κ1) is 17.6. The summed E-state index contributed by atoms with van der Waals surface area (Å²) >= 11 is 0. The Bertz CT molecular complexity index is 978. The second kappa shape index (κ2) is 7.46. The topological polar surface area (TPSA) is 71.8 Å². The maximum absolute atomic E-state index is 12.7. The summed E-state index contributed by atoms with van der Waals surface area (Å²) in [6.45, 7) is 8.27. The van der Waals surface area contributed by atoms with E-state index in [1.807, 2.05) is 30.6 Å². The van der Waals surface area contributed by atoms with Crippen molar-refractivity contribution in [3.8, 4) is 0 Å². The van der Waals surface area contributed by atoms with Crippen LogP contribution in [0.3, 0.4) is 0 Å². The highest BCUT2D eigenvalue weighted by molar-refractivity contribution is 6.08. The minimum atomic E-state index is -0.215. The molecule has 1 aromatic carbocycles. The average Bonchev–Trinajstić information content (AvgIpc) is 3.32. The molecule has 0 atom stereocenters.